The van der Waals surface area contributed by atoms with Crippen LogP contribution in [-0.2, 0) is 0 Å². The predicted molar refractivity (Wildman–Crippen MR) is 68.8 cm³/mol. The predicted octanol–water partition coefficient (Wildman–Crippen LogP) is 3.55. The van der Waals surface area contributed by atoms with Crippen molar-refractivity contribution in [2.45, 2.75) is 0 Å². The molecule has 6 heteroatoms. The van der Waals surface area contributed by atoms with Crippen molar-refractivity contribution in [1.82, 2.24) is 9.97 Å². The van der Waals surface area contributed by atoms with E-state index in [9.17, 15) is 0 Å². The van der Waals surface area contributed by atoms with Crippen LogP contribution in [-0.4, -0.2) is 17.1 Å². The first kappa shape index (κ1) is 11.2. The summed E-state index contributed by atoms with van der Waals surface area (Å²) in [6, 6.07) is 1.75. The summed E-state index contributed by atoms with van der Waals surface area (Å²) < 4.78 is 5.89. The van der Waals surface area contributed by atoms with E-state index in [1.807, 2.05) is 0 Å². The van der Waals surface area contributed by atoms with Crippen molar-refractivity contribution in [2.75, 3.05) is 7.11 Å². The van der Waals surface area contributed by atoms with Crippen LogP contribution in [0.3, 0.4) is 0 Å². The number of hydrogen-bond donors (Lipinski definition) is 0. The van der Waals surface area contributed by atoms with Crippen LogP contribution in [0.2, 0.25) is 10.0 Å². The minimum absolute atomic E-state index is 0.472. The van der Waals surface area contributed by atoms with Gasteiger partial charge >= 0.3 is 0 Å². The molecule has 0 radical (unpaired) electrons. The van der Waals surface area contributed by atoms with Gasteiger partial charge in [-0.3, -0.25) is 0 Å². The maximum atomic E-state index is 6.12. The molecule has 0 atom stereocenters. The van der Waals surface area contributed by atoms with Crippen LogP contribution in [0.1, 0.15) is 0 Å². The smallest absolute Gasteiger partial charge is 0.224 e. The molecule has 0 saturated carbocycles. The van der Waals surface area contributed by atoms with Crippen LogP contribution < -0.4 is 4.74 Å². The summed E-state index contributed by atoms with van der Waals surface area (Å²) in [5.74, 6) is 0.472. The molecule has 1 heterocycles. The molecule has 0 fully saturated rings. The largest absolute Gasteiger partial charge is 0.480 e. The topological polar surface area (TPSA) is 35.0 Å². The lowest BCUT2D eigenvalue weighted by molar-refractivity contribution is 0.402. The first-order valence-electron chi connectivity index (χ1n) is 3.97. The van der Waals surface area contributed by atoms with Gasteiger partial charge in [-0.15, -0.1) is 0 Å². The first-order chi connectivity index (χ1) is 7.15. The molecule has 3 nitrogen and oxygen atoms in total. The van der Waals surface area contributed by atoms with Crippen molar-refractivity contribution in [1.29, 1.82) is 0 Å². The molecule has 2 aromatic rings. The highest BCUT2D eigenvalue weighted by molar-refractivity contribution is 14.1. The average Bonchev–Trinajstić information content (AvgIpc) is 2.25. The number of nitrogens with zero attached hydrogens (tertiary/aromatic N) is 2. The van der Waals surface area contributed by atoms with Crippen molar-refractivity contribution in [3.05, 3.63) is 26.0 Å². The zero-order valence-electron chi connectivity index (χ0n) is 7.59. The van der Waals surface area contributed by atoms with E-state index in [1.54, 1.807) is 13.2 Å². The van der Waals surface area contributed by atoms with Gasteiger partial charge in [0.05, 0.1) is 31.6 Å². The maximum absolute atomic E-state index is 6.12. The van der Waals surface area contributed by atoms with Crippen LogP contribution in [0, 0.1) is 3.57 Å². The summed E-state index contributed by atoms with van der Waals surface area (Å²) in [6.07, 6.45) is 1.41. The SMILES string of the molecule is COc1ncnc2c(Cl)c(I)c(Cl)cc12. The van der Waals surface area contributed by atoms with E-state index < -0.39 is 0 Å². The highest BCUT2D eigenvalue weighted by atomic mass is 127. The van der Waals surface area contributed by atoms with Gasteiger partial charge in [-0.05, 0) is 28.7 Å². The highest BCUT2D eigenvalue weighted by Gasteiger charge is 2.13. The first-order valence-corrected chi connectivity index (χ1v) is 5.80. The average molecular weight is 355 g/mol. The van der Waals surface area contributed by atoms with E-state index in [0.717, 1.165) is 8.96 Å². The Morgan fingerprint density at radius 1 is 1.33 bits per heavy atom. The van der Waals surface area contributed by atoms with E-state index in [-0.39, 0.29) is 0 Å². The van der Waals surface area contributed by atoms with Crippen molar-refractivity contribution in [3.8, 4) is 5.88 Å². The standard InChI is InChI=1S/C9H5Cl2IN2O/c1-15-9-4-2-5(10)7(12)6(11)8(4)13-3-14-9/h2-3H,1H3. The van der Waals surface area contributed by atoms with Crippen LogP contribution >= 0.6 is 45.8 Å². The van der Waals surface area contributed by atoms with Crippen LogP contribution in [0.5, 0.6) is 5.88 Å². The molecule has 0 unspecified atom stereocenters. The Morgan fingerprint density at radius 3 is 2.73 bits per heavy atom. The summed E-state index contributed by atoms with van der Waals surface area (Å²) in [4.78, 5) is 8.09. The van der Waals surface area contributed by atoms with Crippen LogP contribution in [0.4, 0.5) is 0 Å². The zero-order valence-corrected chi connectivity index (χ0v) is 11.3. The number of aromatic nitrogens is 2. The molecule has 0 amide bonds. The number of benzene rings is 1. The molecular weight excluding hydrogens is 350 g/mol. The minimum atomic E-state index is 0.472. The van der Waals surface area contributed by atoms with Gasteiger partial charge in [0.25, 0.3) is 0 Å². The Bertz CT molecular complexity index is 533. The Balaban J connectivity index is 2.91. The molecule has 1 aromatic carbocycles. The van der Waals surface area contributed by atoms with Crippen molar-refractivity contribution < 1.29 is 4.74 Å². The third-order valence-electron chi connectivity index (χ3n) is 1.92. The monoisotopic (exact) mass is 354 g/mol. The molecule has 0 saturated heterocycles. The van der Waals surface area contributed by atoms with E-state index >= 15 is 0 Å². The molecule has 0 aliphatic heterocycles. The van der Waals surface area contributed by atoms with Gasteiger partial charge in [-0.2, -0.15) is 0 Å². The van der Waals surface area contributed by atoms with E-state index in [0.29, 0.717) is 21.4 Å². The van der Waals surface area contributed by atoms with Gasteiger partial charge in [-0.25, -0.2) is 9.97 Å². The quantitative estimate of drug-likeness (QED) is 0.580. The third-order valence-corrected chi connectivity index (χ3v) is 4.35. The van der Waals surface area contributed by atoms with Crippen LogP contribution in [0.15, 0.2) is 12.4 Å². The van der Waals surface area contributed by atoms with Crippen molar-refractivity contribution in [3.63, 3.8) is 0 Å². The van der Waals surface area contributed by atoms with Gasteiger partial charge in [0, 0.05) is 0 Å². The summed E-state index contributed by atoms with van der Waals surface area (Å²) in [6.45, 7) is 0. The molecular formula is C9H5Cl2IN2O. The van der Waals surface area contributed by atoms with E-state index in [1.165, 1.54) is 6.33 Å². The van der Waals surface area contributed by atoms with Crippen LogP contribution in [0.25, 0.3) is 10.9 Å². The number of halogens is 3. The van der Waals surface area contributed by atoms with Gasteiger partial charge < -0.3 is 4.74 Å². The Labute approximate surface area is 110 Å². The second kappa shape index (κ2) is 4.27. The summed E-state index contributed by atoms with van der Waals surface area (Å²) in [5.41, 5.74) is 0.650. The Morgan fingerprint density at radius 2 is 2.07 bits per heavy atom. The van der Waals surface area contributed by atoms with E-state index in [4.69, 9.17) is 27.9 Å². The molecule has 1 aromatic heterocycles. The molecule has 78 valence electrons. The second-order valence-corrected chi connectivity index (χ2v) is 4.63. The molecule has 15 heavy (non-hydrogen) atoms. The second-order valence-electron chi connectivity index (χ2n) is 2.77. The lowest BCUT2D eigenvalue weighted by Gasteiger charge is -2.07. The van der Waals surface area contributed by atoms with E-state index in [2.05, 4.69) is 32.6 Å². The summed E-state index contributed by atoms with van der Waals surface area (Å²) >= 11 is 14.2. The van der Waals surface area contributed by atoms with Gasteiger partial charge in [-0.1, -0.05) is 23.2 Å². The third kappa shape index (κ3) is 1.86. The Kier molecular flexibility index (Phi) is 3.18. The number of hydrogen-bond acceptors (Lipinski definition) is 3. The fourth-order valence-electron chi connectivity index (χ4n) is 1.25. The lowest BCUT2D eigenvalue weighted by Crippen LogP contribution is -1.93. The van der Waals surface area contributed by atoms with Gasteiger partial charge in [0.2, 0.25) is 5.88 Å². The van der Waals surface area contributed by atoms with Gasteiger partial charge in [0.15, 0.2) is 0 Å². The van der Waals surface area contributed by atoms with Crippen molar-refractivity contribution >= 4 is 56.7 Å². The molecule has 0 aliphatic carbocycles. The molecule has 0 bridgehead atoms. The molecule has 0 N–H and O–H groups in total. The summed E-state index contributed by atoms with van der Waals surface area (Å²) in [5, 5.41) is 1.82. The number of methoxy groups -OCH3 is 1. The fourth-order valence-corrected chi connectivity index (χ4v) is 2.16. The number of ether oxygens (including phenoxy) is 1. The number of rotatable bonds is 1. The zero-order chi connectivity index (χ0) is 11.0. The molecule has 0 spiro atoms. The van der Waals surface area contributed by atoms with Gasteiger partial charge in [0.1, 0.15) is 6.33 Å². The number of fused-ring (bicyclic) bond motifs is 1. The molecule has 2 rings (SSSR count). The highest BCUT2D eigenvalue weighted by Crippen LogP contribution is 2.35. The summed E-state index contributed by atoms with van der Waals surface area (Å²) in [7, 11) is 1.54. The van der Waals surface area contributed by atoms with Crippen molar-refractivity contribution in [2.24, 2.45) is 0 Å². The molecule has 0 aliphatic rings. The Hall–Kier alpha value is -0.330. The fraction of sp³-hybridized carbons (Fsp3) is 0.111. The maximum Gasteiger partial charge on any atom is 0.224 e. The lowest BCUT2D eigenvalue weighted by atomic mass is 10.2. The normalized spacial score (nSPS) is 10.7. The minimum Gasteiger partial charge on any atom is -0.480 e.